The molecular formula is C11H22N2O3. The van der Waals surface area contributed by atoms with Gasteiger partial charge in [0.2, 0.25) is 5.91 Å². The second-order valence-corrected chi connectivity index (χ2v) is 3.42. The molecule has 5 nitrogen and oxygen atoms in total. The largest absolute Gasteiger partial charge is 0.469 e. The number of nitrogens with one attached hydrogen (secondary N) is 1. The third-order valence-electron chi connectivity index (χ3n) is 2.35. The standard InChI is InChI=1S/C11H22N2O3/c1-4-13(5-2)10(14)9-12-8-6-7-11(15)16-3/h12H,4-9H2,1-3H3. The number of likely N-dealkylation sites (N-methyl/N-ethyl adjacent to an activating group) is 1. The van der Waals surface area contributed by atoms with E-state index in [4.69, 9.17) is 0 Å². The second-order valence-electron chi connectivity index (χ2n) is 3.42. The predicted octanol–water partition coefficient (Wildman–Crippen LogP) is 0.398. The first kappa shape index (κ1) is 14.9. The quantitative estimate of drug-likeness (QED) is 0.484. The van der Waals surface area contributed by atoms with E-state index in [-0.39, 0.29) is 11.9 Å². The monoisotopic (exact) mass is 230 g/mol. The summed E-state index contributed by atoms with van der Waals surface area (Å²) in [4.78, 5) is 24.1. The fourth-order valence-corrected chi connectivity index (χ4v) is 1.34. The van der Waals surface area contributed by atoms with Crippen molar-refractivity contribution in [2.24, 2.45) is 0 Å². The van der Waals surface area contributed by atoms with Crippen LogP contribution in [0.15, 0.2) is 0 Å². The SMILES string of the molecule is CCN(CC)C(=O)CNCCCC(=O)OC. The molecule has 0 fully saturated rings. The molecule has 1 N–H and O–H groups in total. The van der Waals surface area contributed by atoms with Crippen LogP contribution in [0.2, 0.25) is 0 Å². The zero-order valence-electron chi connectivity index (χ0n) is 10.4. The summed E-state index contributed by atoms with van der Waals surface area (Å²) in [5.74, 6) is -0.111. The molecule has 0 aliphatic carbocycles. The highest BCUT2D eigenvalue weighted by Crippen LogP contribution is 1.91. The number of esters is 1. The number of amides is 1. The van der Waals surface area contributed by atoms with Crippen molar-refractivity contribution in [3.05, 3.63) is 0 Å². The van der Waals surface area contributed by atoms with Crippen LogP contribution in [0.25, 0.3) is 0 Å². The number of hydrogen-bond donors (Lipinski definition) is 1. The van der Waals surface area contributed by atoms with Crippen LogP contribution in [0.1, 0.15) is 26.7 Å². The van der Waals surface area contributed by atoms with Crippen molar-refractivity contribution in [3.63, 3.8) is 0 Å². The molecule has 0 unspecified atom stereocenters. The van der Waals surface area contributed by atoms with Crippen LogP contribution in [0, 0.1) is 0 Å². The lowest BCUT2D eigenvalue weighted by Gasteiger charge is -2.18. The lowest BCUT2D eigenvalue weighted by Crippen LogP contribution is -2.38. The Balaban J connectivity index is 3.51. The van der Waals surface area contributed by atoms with Crippen LogP contribution in [0.3, 0.4) is 0 Å². The van der Waals surface area contributed by atoms with Gasteiger partial charge in [-0.3, -0.25) is 9.59 Å². The fraction of sp³-hybridized carbons (Fsp3) is 0.818. The van der Waals surface area contributed by atoms with E-state index >= 15 is 0 Å². The molecule has 0 rings (SSSR count). The van der Waals surface area contributed by atoms with E-state index in [0.29, 0.717) is 25.9 Å². The summed E-state index contributed by atoms with van der Waals surface area (Å²) in [5, 5.41) is 3.01. The van der Waals surface area contributed by atoms with E-state index in [1.807, 2.05) is 13.8 Å². The summed E-state index contributed by atoms with van der Waals surface area (Å²) in [6.07, 6.45) is 1.08. The summed E-state index contributed by atoms with van der Waals surface area (Å²) < 4.78 is 4.51. The van der Waals surface area contributed by atoms with Gasteiger partial charge in [0.25, 0.3) is 0 Å². The Hall–Kier alpha value is -1.10. The van der Waals surface area contributed by atoms with Gasteiger partial charge in [-0.05, 0) is 26.8 Å². The average Bonchev–Trinajstić information content (AvgIpc) is 2.29. The number of rotatable bonds is 8. The molecule has 0 aliphatic rings. The van der Waals surface area contributed by atoms with E-state index in [0.717, 1.165) is 13.1 Å². The summed E-state index contributed by atoms with van der Waals surface area (Å²) in [6, 6.07) is 0. The van der Waals surface area contributed by atoms with Gasteiger partial charge >= 0.3 is 5.97 Å². The van der Waals surface area contributed by atoms with Crippen molar-refractivity contribution >= 4 is 11.9 Å². The molecule has 0 aromatic carbocycles. The molecule has 0 atom stereocenters. The van der Waals surface area contributed by atoms with E-state index in [1.165, 1.54) is 7.11 Å². The third kappa shape index (κ3) is 6.40. The summed E-state index contributed by atoms with van der Waals surface area (Å²) in [7, 11) is 1.37. The Kier molecular flexibility index (Phi) is 8.52. The molecule has 0 heterocycles. The molecule has 0 aromatic rings. The Morgan fingerprint density at radius 1 is 1.25 bits per heavy atom. The molecule has 0 radical (unpaired) electrons. The average molecular weight is 230 g/mol. The summed E-state index contributed by atoms with van der Waals surface area (Å²) in [6.45, 7) is 6.38. The molecule has 0 aromatic heterocycles. The van der Waals surface area contributed by atoms with E-state index in [1.54, 1.807) is 4.90 Å². The third-order valence-corrected chi connectivity index (χ3v) is 2.35. The first-order valence-electron chi connectivity index (χ1n) is 5.71. The number of carbonyl (C=O) groups is 2. The van der Waals surface area contributed by atoms with Crippen molar-refractivity contribution in [3.8, 4) is 0 Å². The smallest absolute Gasteiger partial charge is 0.305 e. The van der Waals surface area contributed by atoms with Gasteiger partial charge in [0.05, 0.1) is 13.7 Å². The maximum atomic E-state index is 11.5. The maximum Gasteiger partial charge on any atom is 0.305 e. The minimum atomic E-state index is -0.211. The Morgan fingerprint density at radius 3 is 2.38 bits per heavy atom. The molecule has 0 aliphatic heterocycles. The highest BCUT2D eigenvalue weighted by Gasteiger charge is 2.08. The van der Waals surface area contributed by atoms with Crippen LogP contribution in [0.4, 0.5) is 0 Å². The first-order chi connectivity index (χ1) is 7.65. The predicted molar refractivity (Wildman–Crippen MR) is 62.0 cm³/mol. The number of nitrogens with zero attached hydrogens (tertiary/aromatic N) is 1. The van der Waals surface area contributed by atoms with Crippen LogP contribution in [0.5, 0.6) is 0 Å². The van der Waals surface area contributed by atoms with E-state index in [9.17, 15) is 9.59 Å². The van der Waals surface area contributed by atoms with Crippen molar-refractivity contribution in [1.29, 1.82) is 0 Å². The highest BCUT2D eigenvalue weighted by molar-refractivity contribution is 5.78. The molecule has 16 heavy (non-hydrogen) atoms. The maximum absolute atomic E-state index is 11.5. The Labute approximate surface area is 97.1 Å². The van der Waals surface area contributed by atoms with Crippen molar-refractivity contribution in [2.45, 2.75) is 26.7 Å². The van der Waals surface area contributed by atoms with Crippen LogP contribution >= 0.6 is 0 Å². The Bertz CT molecular complexity index is 215. The minimum absolute atomic E-state index is 0.100. The molecule has 0 spiro atoms. The van der Waals surface area contributed by atoms with Crippen LogP contribution in [-0.2, 0) is 14.3 Å². The van der Waals surface area contributed by atoms with Gasteiger partial charge in [0.15, 0.2) is 0 Å². The van der Waals surface area contributed by atoms with Gasteiger partial charge < -0.3 is 15.0 Å². The van der Waals surface area contributed by atoms with E-state index in [2.05, 4.69) is 10.1 Å². The topological polar surface area (TPSA) is 58.6 Å². The summed E-state index contributed by atoms with van der Waals surface area (Å²) in [5.41, 5.74) is 0. The van der Waals surface area contributed by atoms with Crippen molar-refractivity contribution in [2.75, 3.05) is 33.3 Å². The molecule has 0 saturated carbocycles. The minimum Gasteiger partial charge on any atom is -0.469 e. The van der Waals surface area contributed by atoms with Gasteiger partial charge in [-0.2, -0.15) is 0 Å². The number of methoxy groups -OCH3 is 1. The number of carbonyl (C=O) groups excluding carboxylic acids is 2. The molecule has 0 saturated heterocycles. The zero-order valence-corrected chi connectivity index (χ0v) is 10.4. The summed E-state index contributed by atoms with van der Waals surface area (Å²) >= 11 is 0. The first-order valence-corrected chi connectivity index (χ1v) is 5.71. The van der Waals surface area contributed by atoms with Gasteiger partial charge in [-0.25, -0.2) is 0 Å². The normalized spacial score (nSPS) is 9.94. The second kappa shape index (κ2) is 9.15. The van der Waals surface area contributed by atoms with E-state index < -0.39 is 0 Å². The van der Waals surface area contributed by atoms with Crippen LogP contribution < -0.4 is 5.32 Å². The zero-order chi connectivity index (χ0) is 12.4. The molecule has 94 valence electrons. The molecular weight excluding hydrogens is 208 g/mol. The van der Waals surface area contributed by atoms with Crippen molar-refractivity contribution in [1.82, 2.24) is 10.2 Å². The van der Waals surface area contributed by atoms with Gasteiger partial charge in [0, 0.05) is 19.5 Å². The fourth-order valence-electron chi connectivity index (χ4n) is 1.34. The number of hydrogen-bond acceptors (Lipinski definition) is 4. The molecule has 0 bridgehead atoms. The Morgan fingerprint density at radius 2 is 1.88 bits per heavy atom. The van der Waals surface area contributed by atoms with Crippen LogP contribution in [-0.4, -0.2) is 50.1 Å². The lowest BCUT2D eigenvalue weighted by molar-refractivity contribution is -0.140. The van der Waals surface area contributed by atoms with Gasteiger partial charge in [-0.1, -0.05) is 0 Å². The van der Waals surface area contributed by atoms with Crippen molar-refractivity contribution < 1.29 is 14.3 Å². The lowest BCUT2D eigenvalue weighted by atomic mass is 10.3. The molecule has 1 amide bonds. The van der Waals surface area contributed by atoms with Gasteiger partial charge in [0.1, 0.15) is 0 Å². The van der Waals surface area contributed by atoms with Gasteiger partial charge in [-0.15, -0.1) is 0 Å². The highest BCUT2D eigenvalue weighted by atomic mass is 16.5. The number of ether oxygens (including phenoxy) is 1. The molecule has 5 heteroatoms.